The van der Waals surface area contributed by atoms with Crippen LogP contribution in [-0.2, 0) is 11.2 Å². The maximum absolute atomic E-state index is 12.3. The van der Waals surface area contributed by atoms with Gasteiger partial charge < -0.3 is 14.2 Å². The van der Waals surface area contributed by atoms with Crippen LogP contribution in [-0.4, -0.2) is 36.2 Å². The molecule has 124 valence electrons. The van der Waals surface area contributed by atoms with Crippen LogP contribution in [0.3, 0.4) is 0 Å². The maximum atomic E-state index is 12.3. The number of para-hydroxylation sites is 1. The minimum Gasteiger partial charge on any atom is -0.492 e. The lowest BCUT2D eigenvalue weighted by Gasteiger charge is -2.17. The van der Waals surface area contributed by atoms with Crippen molar-refractivity contribution in [3.05, 3.63) is 59.8 Å². The molecule has 0 aliphatic carbocycles. The minimum absolute atomic E-state index is 0.0121. The van der Waals surface area contributed by atoms with Gasteiger partial charge >= 0.3 is 0 Å². The fourth-order valence-corrected chi connectivity index (χ4v) is 2.47. The van der Waals surface area contributed by atoms with Crippen LogP contribution >= 0.6 is 0 Å². The molecular formula is C19H20N2O3. The molecule has 0 N–H and O–H groups in total. The molecule has 0 fully saturated rings. The number of aromatic nitrogens is 1. The fraction of sp³-hybridized carbons (Fsp3) is 0.263. The standard InChI is InChI=1S/C19H20N2O3/c1-14-6-5-7-15(12-14)23-11-10-21(2)19(22)13-17-16-8-3-4-9-18(16)24-20-17/h3-9,12H,10-11,13H2,1-2H3. The Kier molecular flexibility index (Phi) is 4.79. The summed E-state index contributed by atoms with van der Waals surface area (Å²) >= 11 is 0. The average Bonchev–Trinajstić information content (AvgIpc) is 2.98. The zero-order chi connectivity index (χ0) is 16.9. The Balaban J connectivity index is 1.53. The Morgan fingerprint density at radius 2 is 2.04 bits per heavy atom. The molecular weight excluding hydrogens is 304 g/mol. The molecule has 1 heterocycles. The summed E-state index contributed by atoms with van der Waals surface area (Å²) in [7, 11) is 1.77. The van der Waals surface area contributed by atoms with Crippen LogP contribution in [0.1, 0.15) is 11.3 Å². The number of hydrogen-bond acceptors (Lipinski definition) is 4. The van der Waals surface area contributed by atoms with Crippen molar-refractivity contribution in [3.63, 3.8) is 0 Å². The Morgan fingerprint density at radius 3 is 2.88 bits per heavy atom. The second kappa shape index (κ2) is 7.17. The van der Waals surface area contributed by atoms with E-state index in [1.54, 1.807) is 11.9 Å². The third-order valence-corrected chi connectivity index (χ3v) is 3.88. The summed E-state index contributed by atoms with van der Waals surface area (Å²) in [5.74, 6) is 0.806. The molecule has 1 amide bonds. The summed E-state index contributed by atoms with van der Waals surface area (Å²) in [5.41, 5.74) is 2.52. The van der Waals surface area contributed by atoms with E-state index < -0.39 is 0 Å². The molecule has 0 aliphatic heterocycles. The number of aryl methyl sites for hydroxylation is 1. The van der Waals surface area contributed by atoms with Crippen LogP contribution in [0, 0.1) is 6.92 Å². The number of carbonyl (C=O) groups is 1. The summed E-state index contributed by atoms with van der Waals surface area (Å²) in [6.45, 7) is 2.98. The van der Waals surface area contributed by atoms with Gasteiger partial charge in [0.25, 0.3) is 0 Å². The molecule has 3 rings (SSSR count). The fourth-order valence-electron chi connectivity index (χ4n) is 2.47. The van der Waals surface area contributed by atoms with Crippen LogP contribution in [0.4, 0.5) is 0 Å². The number of rotatable bonds is 6. The van der Waals surface area contributed by atoms with Crippen LogP contribution in [0.25, 0.3) is 11.0 Å². The van der Waals surface area contributed by atoms with Gasteiger partial charge in [-0.3, -0.25) is 4.79 Å². The molecule has 24 heavy (non-hydrogen) atoms. The molecule has 0 saturated carbocycles. The molecule has 0 unspecified atom stereocenters. The predicted octanol–water partition coefficient (Wildman–Crippen LogP) is 3.22. The van der Waals surface area contributed by atoms with Crippen LogP contribution in [0.5, 0.6) is 5.75 Å². The average molecular weight is 324 g/mol. The van der Waals surface area contributed by atoms with Gasteiger partial charge in [0.1, 0.15) is 18.1 Å². The molecule has 3 aromatic rings. The monoisotopic (exact) mass is 324 g/mol. The summed E-state index contributed by atoms with van der Waals surface area (Å²) < 4.78 is 10.9. The van der Waals surface area contributed by atoms with Gasteiger partial charge in [-0.05, 0) is 36.8 Å². The number of carbonyl (C=O) groups excluding carboxylic acids is 1. The number of nitrogens with zero attached hydrogens (tertiary/aromatic N) is 2. The second-order valence-electron chi connectivity index (χ2n) is 5.78. The van der Waals surface area contributed by atoms with Crippen molar-refractivity contribution >= 4 is 16.9 Å². The zero-order valence-electron chi connectivity index (χ0n) is 13.9. The van der Waals surface area contributed by atoms with E-state index >= 15 is 0 Å². The number of fused-ring (bicyclic) bond motifs is 1. The minimum atomic E-state index is -0.0121. The molecule has 5 nitrogen and oxygen atoms in total. The Labute approximate surface area is 140 Å². The molecule has 1 aromatic heterocycles. The number of hydrogen-bond donors (Lipinski definition) is 0. The quantitative estimate of drug-likeness (QED) is 0.698. The topological polar surface area (TPSA) is 55.6 Å². The highest BCUT2D eigenvalue weighted by Gasteiger charge is 2.15. The van der Waals surface area contributed by atoms with E-state index in [9.17, 15) is 4.79 Å². The molecule has 0 bridgehead atoms. The van der Waals surface area contributed by atoms with Crippen molar-refractivity contribution in [1.82, 2.24) is 10.1 Å². The van der Waals surface area contributed by atoms with Gasteiger partial charge in [-0.25, -0.2) is 0 Å². The molecule has 5 heteroatoms. The van der Waals surface area contributed by atoms with Crippen molar-refractivity contribution in [2.45, 2.75) is 13.3 Å². The van der Waals surface area contributed by atoms with Crippen LogP contribution in [0.15, 0.2) is 53.1 Å². The highest BCUT2D eigenvalue weighted by Crippen LogP contribution is 2.18. The van der Waals surface area contributed by atoms with E-state index in [2.05, 4.69) is 5.16 Å². The zero-order valence-corrected chi connectivity index (χ0v) is 13.9. The summed E-state index contributed by atoms with van der Waals surface area (Å²) in [6, 6.07) is 15.4. The van der Waals surface area contributed by atoms with Gasteiger partial charge in [0.15, 0.2) is 5.58 Å². The molecule has 0 spiro atoms. The van der Waals surface area contributed by atoms with Gasteiger partial charge in [0.05, 0.1) is 13.0 Å². The van der Waals surface area contributed by atoms with Gasteiger partial charge in [0, 0.05) is 12.4 Å². The van der Waals surface area contributed by atoms with Gasteiger partial charge in [0.2, 0.25) is 5.91 Å². The van der Waals surface area contributed by atoms with Crippen molar-refractivity contribution < 1.29 is 14.1 Å². The van der Waals surface area contributed by atoms with E-state index in [1.807, 2.05) is 55.5 Å². The van der Waals surface area contributed by atoms with Crippen LogP contribution < -0.4 is 4.74 Å². The largest absolute Gasteiger partial charge is 0.492 e. The highest BCUT2D eigenvalue weighted by molar-refractivity contribution is 5.86. The number of amides is 1. The van der Waals surface area contributed by atoms with Crippen molar-refractivity contribution in [1.29, 1.82) is 0 Å². The first-order valence-electron chi connectivity index (χ1n) is 7.90. The number of likely N-dealkylation sites (N-methyl/N-ethyl adjacent to an activating group) is 1. The molecule has 2 aromatic carbocycles. The first-order valence-corrected chi connectivity index (χ1v) is 7.90. The van der Waals surface area contributed by atoms with E-state index in [0.717, 1.165) is 16.7 Å². The van der Waals surface area contributed by atoms with Crippen molar-refractivity contribution in [3.8, 4) is 5.75 Å². The van der Waals surface area contributed by atoms with Crippen molar-refractivity contribution in [2.75, 3.05) is 20.2 Å². The number of ether oxygens (including phenoxy) is 1. The van der Waals surface area contributed by atoms with Crippen LogP contribution in [0.2, 0.25) is 0 Å². The van der Waals surface area contributed by atoms with Gasteiger partial charge in [-0.15, -0.1) is 0 Å². The summed E-state index contributed by atoms with van der Waals surface area (Å²) in [4.78, 5) is 14.0. The number of benzene rings is 2. The summed E-state index contributed by atoms with van der Waals surface area (Å²) in [6.07, 6.45) is 0.220. The first-order chi connectivity index (χ1) is 11.6. The Hall–Kier alpha value is -2.82. The van der Waals surface area contributed by atoms with Gasteiger partial charge in [-0.1, -0.05) is 29.4 Å². The predicted molar refractivity (Wildman–Crippen MR) is 92.0 cm³/mol. The van der Waals surface area contributed by atoms with E-state index in [1.165, 1.54) is 0 Å². The Morgan fingerprint density at radius 1 is 1.21 bits per heavy atom. The smallest absolute Gasteiger partial charge is 0.228 e. The van der Waals surface area contributed by atoms with Crippen molar-refractivity contribution in [2.24, 2.45) is 0 Å². The normalized spacial score (nSPS) is 10.8. The maximum Gasteiger partial charge on any atom is 0.228 e. The van der Waals surface area contributed by atoms with E-state index in [-0.39, 0.29) is 12.3 Å². The first kappa shape index (κ1) is 16.1. The third-order valence-electron chi connectivity index (χ3n) is 3.88. The van der Waals surface area contributed by atoms with E-state index in [4.69, 9.17) is 9.26 Å². The lowest BCUT2D eigenvalue weighted by Crippen LogP contribution is -2.32. The SMILES string of the molecule is Cc1cccc(OCCN(C)C(=O)Cc2noc3ccccc23)c1. The Bertz CT molecular complexity index is 841. The molecule has 0 atom stereocenters. The lowest BCUT2D eigenvalue weighted by molar-refractivity contribution is -0.129. The van der Waals surface area contributed by atoms with Gasteiger partial charge in [-0.2, -0.15) is 0 Å². The van der Waals surface area contributed by atoms with E-state index in [0.29, 0.717) is 24.4 Å². The highest BCUT2D eigenvalue weighted by atomic mass is 16.5. The molecule has 0 saturated heterocycles. The molecule has 0 aliphatic rings. The summed E-state index contributed by atoms with van der Waals surface area (Å²) in [5, 5.41) is 4.89. The lowest BCUT2D eigenvalue weighted by atomic mass is 10.1. The third kappa shape index (κ3) is 3.74. The molecule has 0 radical (unpaired) electrons. The second-order valence-corrected chi connectivity index (χ2v) is 5.78.